The van der Waals surface area contributed by atoms with Gasteiger partial charge in [0, 0.05) is 12.4 Å². The average Bonchev–Trinajstić information content (AvgIpc) is 3.01. The highest BCUT2D eigenvalue weighted by atomic mass is 16.3. The van der Waals surface area contributed by atoms with E-state index in [1.807, 2.05) is 19.1 Å². The van der Waals surface area contributed by atoms with E-state index in [2.05, 4.69) is 15.6 Å². The van der Waals surface area contributed by atoms with Crippen LogP contribution in [0.2, 0.25) is 0 Å². The summed E-state index contributed by atoms with van der Waals surface area (Å²) in [5.41, 5.74) is 0.991. The molecule has 6 nitrogen and oxygen atoms in total. The third-order valence-corrected chi connectivity index (χ3v) is 2.64. The number of carbonyl (C=O) groups is 1. The number of aryl methyl sites for hydroxylation is 1. The van der Waals surface area contributed by atoms with Gasteiger partial charge in [-0.25, -0.2) is 4.98 Å². The maximum atomic E-state index is 11.8. The molecule has 2 aromatic heterocycles. The molecular formula is C15H14N4O2. The van der Waals surface area contributed by atoms with Crippen molar-refractivity contribution in [2.24, 2.45) is 0 Å². The molecule has 0 bridgehead atoms. The number of hydrogen-bond acceptors (Lipinski definition) is 5. The topological polar surface area (TPSA) is 91.0 Å². The molecule has 6 heteroatoms. The van der Waals surface area contributed by atoms with Gasteiger partial charge in [0.1, 0.15) is 23.2 Å². The fourth-order valence-electron chi connectivity index (χ4n) is 1.52. The lowest BCUT2D eigenvalue weighted by atomic mass is 10.3. The Kier molecular flexibility index (Phi) is 4.72. The Morgan fingerprint density at radius 2 is 2.33 bits per heavy atom. The lowest BCUT2D eigenvalue weighted by molar-refractivity contribution is -0.117. The number of nitrogens with zero attached hydrogens (tertiary/aromatic N) is 2. The standard InChI is InChI=1S/C15H14N4O2/c1-11-4-5-14(17-8-11)18-9-12(7-16)15(20)19-10-13-3-2-6-21-13/h2-6,8-9H,10H2,1H3,(H,17,18)(H,19,20)/b12-9-. The van der Waals surface area contributed by atoms with Crippen LogP contribution in [0.3, 0.4) is 0 Å². The molecule has 0 aliphatic rings. The fourth-order valence-corrected chi connectivity index (χ4v) is 1.52. The highest BCUT2D eigenvalue weighted by molar-refractivity contribution is 5.97. The largest absolute Gasteiger partial charge is 0.467 e. The summed E-state index contributed by atoms with van der Waals surface area (Å²) < 4.78 is 5.10. The van der Waals surface area contributed by atoms with E-state index < -0.39 is 5.91 Å². The van der Waals surface area contributed by atoms with E-state index in [1.54, 1.807) is 24.4 Å². The quantitative estimate of drug-likeness (QED) is 0.647. The Bertz CT molecular complexity index is 667. The van der Waals surface area contributed by atoms with E-state index in [0.717, 1.165) is 5.56 Å². The van der Waals surface area contributed by atoms with E-state index in [0.29, 0.717) is 11.6 Å². The van der Waals surface area contributed by atoms with E-state index in [9.17, 15) is 4.79 Å². The molecule has 0 fully saturated rings. The van der Waals surface area contributed by atoms with E-state index in [1.165, 1.54) is 12.5 Å². The van der Waals surface area contributed by atoms with Crippen LogP contribution in [-0.2, 0) is 11.3 Å². The number of nitrogens with one attached hydrogen (secondary N) is 2. The Hall–Kier alpha value is -3.07. The van der Waals surface area contributed by atoms with Crippen LogP contribution in [-0.4, -0.2) is 10.9 Å². The predicted octanol–water partition coefficient (Wildman–Crippen LogP) is 2.12. The zero-order valence-electron chi connectivity index (χ0n) is 11.5. The maximum Gasteiger partial charge on any atom is 0.263 e. The molecule has 2 aromatic rings. The fraction of sp³-hybridized carbons (Fsp3) is 0.133. The lowest BCUT2D eigenvalue weighted by Crippen LogP contribution is -2.24. The van der Waals surface area contributed by atoms with Crippen LogP contribution in [0.4, 0.5) is 5.82 Å². The van der Waals surface area contributed by atoms with Gasteiger partial charge in [-0.05, 0) is 30.7 Å². The van der Waals surface area contributed by atoms with Gasteiger partial charge in [-0.1, -0.05) is 6.07 Å². The molecule has 0 radical (unpaired) electrons. The molecule has 2 heterocycles. The Morgan fingerprint density at radius 1 is 1.48 bits per heavy atom. The van der Waals surface area contributed by atoms with Gasteiger partial charge in [0.05, 0.1) is 12.8 Å². The van der Waals surface area contributed by atoms with Crippen molar-refractivity contribution in [3.8, 4) is 6.07 Å². The van der Waals surface area contributed by atoms with Crippen molar-refractivity contribution in [3.05, 3.63) is 59.8 Å². The van der Waals surface area contributed by atoms with Crippen LogP contribution in [0.1, 0.15) is 11.3 Å². The minimum Gasteiger partial charge on any atom is -0.467 e. The van der Waals surface area contributed by atoms with Gasteiger partial charge in [-0.3, -0.25) is 4.79 Å². The molecule has 0 aliphatic carbocycles. The van der Waals surface area contributed by atoms with Crippen molar-refractivity contribution >= 4 is 11.7 Å². The smallest absolute Gasteiger partial charge is 0.263 e. The number of amides is 1. The van der Waals surface area contributed by atoms with Gasteiger partial charge in [0.2, 0.25) is 0 Å². The molecule has 0 unspecified atom stereocenters. The lowest BCUT2D eigenvalue weighted by Gasteiger charge is -2.03. The summed E-state index contributed by atoms with van der Waals surface area (Å²) in [7, 11) is 0. The van der Waals surface area contributed by atoms with Gasteiger partial charge >= 0.3 is 0 Å². The number of aromatic nitrogens is 1. The second kappa shape index (κ2) is 6.91. The normalized spacial score (nSPS) is 10.8. The van der Waals surface area contributed by atoms with Crippen molar-refractivity contribution in [2.45, 2.75) is 13.5 Å². The van der Waals surface area contributed by atoms with Crippen molar-refractivity contribution in [3.63, 3.8) is 0 Å². The summed E-state index contributed by atoms with van der Waals surface area (Å²) >= 11 is 0. The number of nitriles is 1. The molecule has 0 saturated carbocycles. The Morgan fingerprint density at radius 3 is 2.95 bits per heavy atom. The second-order valence-electron chi connectivity index (χ2n) is 4.30. The first-order chi connectivity index (χ1) is 10.2. The molecule has 0 aliphatic heterocycles. The average molecular weight is 282 g/mol. The monoisotopic (exact) mass is 282 g/mol. The van der Waals surface area contributed by atoms with Gasteiger partial charge < -0.3 is 15.1 Å². The highest BCUT2D eigenvalue weighted by Crippen LogP contribution is 2.05. The van der Waals surface area contributed by atoms with Gasteiger partial charge in [0.15, 0.2) is 0 Å². The zero-order valence-corrected chi connectivity index (χ0v) is 11.5. The number of anilines is 1. The highest BCUT2D eigenvalue weighted by Gasteiger charge is 2.09. The van der Waals surface area contributed by atoms with E-state index in [4.69, 9.17) is 9.68 Å². The van der Waals surface area contributed by atoms with Crippen molar-refractivity contribution < 1.29 is 9.21 Å². The SMILES string of the molecule is Cc1ccc(N/C=C(/C#N)C(=O)NCc2ccco2)nc1. The third kappa shape index (κ3) is 4.21. The molecule has 21 heavy (non-hydrogen) atoms. The maximum absolute atomic E-state index is 11.8. The third-order valence-electron chi connectivity index (χ3n) is 2.64. The Balaban J connectivity index is 1.94. The van der Waals surface area contributed by atoms with Crippen LogP contribution in [0.25, 0.3) is 0 Å². The molecule has 106 valence electrons. The van der Waals surface area contributed by atoms with Crippen LogP contribution in [0.5, 0.6) is 0 Å². The summed E-state index contributed by atoms with van der Waals surface area (Å²) in [4.78, 5) is 16.0. The number of rotatable bonds is 5. The minimum atomic E-state index is -0.478. The molecule has 0 atom stereocenters. The van der Waals surface area contributed by atoms with E-state index >= 15 is 0 Å². The van der Waals surface area contributed by atoms with Crippen molar-refractivity contribution in [2.75, 3.05) is 5.32 Å². The number of hydrogen-bond donors (Lipinski definition) is 2. The van der Waals surface area contributed by atoms with Gasteiger partial charge in [-0.15, -0.1) is 0 Å². The predicted molar refractivity (Wildman–Crippen MR) is 76.8 cm³/mol. The van der Waals surface area contributed by atoms with Crippen LogP contribution < -0.4 is 10.6 Å². The molecule has 1 amide bonds. The summed E-state index contributed by atoms with van der Waals surface area (Å²) in [6, 6.07) is 8.96. The van der Waals surface area contributed by atoms with E-state index in [-0.39, 0.29) is 12.1 Å². The van der Waals surface area contributed by atoms with Gasteiger partial charge in [0.25, 0.3) is 5.91 Å². The summed E-state index contributed by atoms with van der Waals surface area (Å²) in [5, 5.41) is 14.4. The van der Waals surface area contributed by atoms with Gasteiger partial charge in [-0.2, -0.15) is 5.26 Å². The molecule has 2 rings (SSSR count). The Labute approximate surface area is 122 Å². The van der Waals surface area contributed by atoms with Crippen molar-refractivity contribution in [1.29, 1.82) is 5.26 Å². The number of pyridine rings is 1. The second-order valence-corrected chi connectivity index (χ2v) is 4.30. The summed E-state index contributed by atoms with van der Waals surface area (Å²) in [6.07, 6.45) is 4.54. The number of furan rings is 1. The summed E-state index contributed by atoms with van der Waals surface area (Å²) in [6.45, 7) is 2.16. The van der Waals surface area contributed by atoms with Crippen LogP contribution >= 0.6 is 0 Å². The van der Waals surface area contributed by atoms with Crippen molar-refractivity contribution in [1.82, 2.24) is 10.3 Å². The van der Waals surface area contributed by atoms with Crippen LogP contribution in [0.15, 0.2) is 52.9 Å². The summed E-state index contributed by atoms with van der Waals surface area (Å²) in [5.74, 6) is 0.703. The first-order valence-corrected chi connectivity index (χ1v) is 6.29. The minimum absolute atomic E-state index is 0.0380. The molecule has 2 N–H and O–H groups in total. The molecule has 0 aromatic carbocycles. The van der Waals surface area contributed by atoms with Crippen LogP contribution in [0, 0.1) is 18.3 Å². The molecular weight excluding hydrogens is 268 g/mol. The first-order valence-electron chi connectivity index (χ1n) is 6.29. The molecule has 0 spiro atoms. The first kappa shape index (κ1) is 14.3. The zero-order chi connectivity index (χ0) is 15.1. The number of carbonyl (C=O) groups excluding carboxylic acids is 1. The molecule has 0 saturated heterocycles.